The summed E-state index contributed by atoms with van der Waals surface area (Å²) >= 11 is 1.69. The maximum absolute atomic E-state index is 13.9. The first-order valence-electron chi connectivity index (χ1n) is 16.0. The highest BCUT2D eigenvalue weighted by molar-refractivity contribution is 7.09. The van der Waals surface area contributed by atoms with Gasteiger partial charge in [-0.05, 0) is 92.6 Å². The maximum atomic E-state index is 13.9. The molecule has 2 aliphatic heterocycles. The molecule has 2 fully saturated rings. The molecule has 0 N–H and O–H groups in total. The van der Waals surface area contributed by atoms with Crippen molar-refractivity contribution in [3.63, 3.8) is 0 Å². The fraction of sp³-hybridized carbons (Fsp3) is 0.486. The number of alkyl halides is 3. The monoisotopic (exact) mass is 655 g/mol. The Morgan fingerprint density at radius 3 is 2.50 bits per heavy atom. The van der Waals surface area contributed by atoms with E-state index in [4.69, 9.17) is 0 Å². The van der Waals surface area contributed by atoms with Gasteiger partial charge in [-0.3, -0.25) is 9.59 Å². The van der Waals surface area contributed by atoms with E-state index in [1.54, 1.807) is 52.6 Å². The number of hydrogen-bond acceptors (Lipinski definition) is 6. The Bertz CT molecular complexity index is 1460. The molecule has 0 radical (unpaired) electrons. The van der Waals surface area contributed by atoms with Crippen LogP contribution < -0.4 is 4.90 Å². The average Bonchev–Trinajstić information content (AvgIpc) is 3.81. The number of fused-ring (bicyclic) bond motifs is 1. The summed E-state index contributed by atoms with van der Waals surface area (Å²) in [6, 6.07) is 11.5. The van der Waals surface area contributed by atoms with E-state index in [1.165, 1.54) is 34.9 Å². The summed E-state index contributed by atoms with van der Waals surface area (Å²) in [7, 11) is 1.86. The van der Waals surface area contributed by atoms with Gasteiger partial charge in [-0.15, -0.1) is 21.5 Å². The molecule has 3 heterocycles. The van der Waals surface area contributed by atoms with Crippen molar-refractivity contribution in [1.82, 2.24) is 20.0 Å². The molecule has 1 atom stereocenters. The number of carbonyl (C=O) groups excluding carboxylic acids is 2. The van der Waals surface area contributed by atoms with Gasteiger partial charge in [-0.2, -0.15) is 13.2 Å². The molecule has 0 spiro atoms. The van der Waals surface area contributed by atoms with Crippen LogP contribution in [0.1, 0.15) is 84.4 Å². The Balaban J connectivity index is 0.000000334. The Kier molecular flexibility index (Phi) is 12.1. The first kappa shape index (κ1) is 35.3. The van der Waals surface area contributed by atoms with Gasteiger partial charge in [0.1, 0.15) is 10.5 Å². The number of anilines is 1. The van der Waals surface area contributed by atoms with Crippen molar-refractivity contribution in [2.45, 2.75) is 71.6 Å². The summed E-state index contributed by atoms with van der Waals surface area (Å²) < 4.78 is 41.8. The van der Waals surface area contributed by atoms with Gasteiger partial charge in [-0.25, -0.2) is 0 Å². The molecule has 2 aromatic carbocycles. The van der Waals surface area contributed by atoms with Gasteiger partial charge in [-0.1, -0.05) is 45.5 Å². The Labute approximate surface area is 274 Å². The van der Waals surface area contributed by atoms with Crippen LogP contribution in [0.25, 0.3) is 0 Å². The molecule has 46 heavy (non-hydrogen) atoms. The molecule has 3 aliphatic rings. The molecule has 1 saturated carbocycles. The third-order valence-corrected chi connectivity index (χ3v) is 9.57. The van der Waals surface area contributed by atoms with Crippen molar-refractivity contribution < 1.29 is 22.8 Å². The first-order valence-corrected chi connectivity index (χ1v) is 16.9. The van der Waals surface area contributed by atoms with E-state index >= 15 is 0 Å². The molecule has 6 rings (SSSR count). The van der Waals surface area contributed by atoms with Gasteiger partial charge in [0.25, 0.3) is 5.91 Å². The number of carbonyl (C=O) groups is 2. The molecule has 2 amide bonds. The minimum absolute atomic E-state index is 0.0330. The summed E-state index contributed by atoms with van der Waals surface area (Å²) in [6.45, 7) is 12.1. The number of hydrogen-bond donors (Lipinski definition) is 0. The van der Waals surface area contributed by atoms with Crippen LogP contribution in [0, 0.1) is 11.8 Å². The maximum Gasteiger partial charge on any atom is 0.416 e. The normalized spacial score (nSPS) is 20.3. The zero-order chi connectivity index (χ0) is 33.4. The Morgan fingerprint density at radius 1 is 1.17 bits per heavy atom. The second kappa shape index (κ2) is 15.8. The van der Waals surface area contributed by atoms with Crippen molar-refractivity contribution in [3.8, 4) is 0 Å². The van der Waals surface area contributed by atoms with E-state index in [9.17, 15) is 22.8 Å². The second-order valence-corrected chi connectivity index (χ2v) is 13.0. The molecule has 11 heteroatoms. The SMILES string of the molecule is C=CC(=O)N1CCC(CCN(C)Cc2cc3c(c(C(F)(F)F)c2)CN(c2ccccc2)C3=O)C1.CC.CC1CC(c2nncs2)C1. The minimum Gasteiger partial charge on any atom is -0.339 e. The average molecular weight is 656 g/mol. The lowest BCUT2D eigenvalue weighted by atomic mass is 9.77. The molecule has 1 aromatic heterocycles. The largest absolute Gasteiger partial charge is 0.416 e. The molecular weight excluding hydrogens is 611 g/mol. The van der Waals surface area contributed by atoms with Crippen LogP contribution in [0.15, 0.2) is 60.6 Å². The van der Waals surface area contributed by atoms with Gasteiger partial charge in [0.05, 0.1) is 12.1 Å². The molecule has 7 nitrogen and oxygen atoms in total. The van der Waals surface area contributed by atoms with Gasteiger partial charge in [0.2, 0.25) is 5.91 Å². The summed E-state index contributed by atoms with van der Waals surface area (Å²) in [6.07, 6.45) is 1.16. The van der Waals surface area contributed by atoms with E-state index in [2.05, 4.69) is 23.7 Å². The number of benzene rings is 2. The van der Waals surface area contributed by atoms with Crippen molar-refractivity contribution in [2.75, 3.05) is 31.6 Å². The lowest BCUT2D eigenvalue weighted by Gasteiger charge is -2.30. The summed E-state index contributed by atoms with van der Waals surface area (Å²) in [5.41, 5.74) is 2.28. The molecule has 1 saturated heterocycles. The topological polar surface area (TPSA) is 69.6 Å². The highest BCUT2D eigenvalue weighted by Gasteiger charge is 2.40. The number of halogens is 3. The van der Waals surface area contributed by atoms with Crippen LogP contribution >= 0.6 is 11.3 Å². The summed E-state index contributed by atoms with van der Waals surface area (Å²) in [4.78, 5) is 29.9. The quantitative estimate of drug-likeness (QED) is 0.232. The number of likely N-dealkylation sites (tertiary alicyclic amines) is 1. The van der Waals surface area contributed by atoms with E-state index in [0.29, 0.717) is 43.3 Å². The van der Waals surface area contributed by atoms with Crippen LogP contribution in [-0.4, -0.2) is 58.5 Å². The Hall–Kier alpha value is -3.57. The minimum atomic E-state index is -4.55. The van der Waals surface area contributed by atoms with Crippen molar-refractivity contribution in [2.24, 2.45) is 11.8 Å². The van der Waals surface area contributed by atoms with E-state index in [0.717, 1.165) is 24.7 Å². The van der Waals surface area contributed by atoms with Crippen LogP contribution in [0.5, 0.6) is 0 Å². The number of amides is 2. The van der Waals surface area contributed by atoms with Crippen molar-refractivity contribution in [1.29, 1.82) is 0 Å². The van der Waals surface area contributed by atoms with Crippen LogP contribution in [0.4, 0.5) is 18.9 Å². The van der Waals surface area contributed by atoms with Crippen molar-refractivity contribution in [3.05, 3.63) is 87.9 Å². The number of rotatable bonds is 8. The fourth-order valence-electron chi connectivity index (χ4n) is 6.28. The van der Waals surface area contributed by atoms with Gasteiger partial charge < -0.3 is 14.7 Å². The zero-order valence-corrected chi connectivity index (χ0v) is 27.9. The summed E-state index contributed by atoms with van der Waals surface area (Å²) in [5, 5.41) is 9.09. The summed E-state index contributed by atoms with van der Waals surface area (Å²) in [5.74, 6) is 1.53. The first-order chi connectivity index (χ1) is 22.0. The zero-order valence-electron chi connectivity index (χ0n) is 27.1. The molecule has 3 aromatic rings. The van der Waals surface area contributed by atoms with Gasteiger partial charge in [0, 0.05) is 36.8 Å². The van der Waals surface area contributed by atoms with Gasteiger partial charge in [0.15, 0.2) is 0 Å². The highest BCUT2D eigenvalue weighted by atomic mass is 32.1. The number of aromatic nitrogens is 2. The molecule has 0 bridgehead atoms. The highest BCUT2D eigenvalue weighted by Crippen LogP contribution is 2.41. The predicted octanol–water partition coefficient (Wildman–Crippen LogP) is 7.80. The number of para-hydroxylation sites is 1. The van der Waals surface area contributed by atoms with Crippen LogP contribution in [0.2, 0.25) is 0 Å². The standard InChI is InChI=1S/C26H28F3N3O2.C7H10N2S.C2H6/c1-3-24(33)31-12-10-18(16-31)9-11-30(2)15-19-13-21-22(23(14-19)26(27,28)29)17-32(25(21)34)20-7-5-4-6-8-20;1-5-2-6(3-5)7-9-8-4-10-7;1-2/h3-8,13-14,18H,1,9-12,15-17H2,2H3;4-6H,2-3H2,1H3;1-2H3. The van der Waals surface area contributed by atoms with Crippen LogP contribution in [0.3, 0.4) is 0 Å². The van der Waals surface area contributed by atoms with Crippen LogP contribution in [-0.2, 0) is 24.1 Å². The smallest absolute Gasteiger partial charge is 0.339 e. The number of nitrogens with zero attached hydrogens (tertiary/aromatic N) is 5. The second-order valence-electron chi connectivity index (χ2n) is 12.1. The molecular formula is C35H44F3N5O2S. The van der Waals surface area contributed by atoms with Gasteiger partial charge >= 0.3 is 6.18 Å². The fourth-order valence-corrected chi connectivity index (χ4v) is 6.97. The third kappa shape index (κ3) is 8.61. The predicted molar refractivity (Wildman–Crippen MR) is 177 cm³/mol. The molecule has 1 unspecified atom stereocenters. The van der Waals surface area contributed by atoms with E-state index in [1.807, 2.05) is 31.3 Å². The third-order valence-electron chi connectivity index (χ3n) is 8.72. The van der Waals surface area contributed by atoms with Crippen molar-refractivity contribution >= 4 is 28.8 Å². The Morgan fingerprint density at radius 2 is 1.89 bits per heavy atom. The molecule has 248 valence electrons. The van der Waals surface area contributed by atoms with E-state index < -0.39 is 17.6 Å². The van der Waals surface area contributed by atoms with E-state index in [-0.39, 0.29) is 23.6 Å². The lowest BCUT2D eigenvalue weighted by molar-refractivity contribution is -0.138. The lowest BCUT2D eigenvalue weighted by Crippen LogP contribution is -2.27. The molecule has 1 aliphatic carbocycles.